The van der Waals surface area contributed by atoms with E-state index in [1.165, 1.54) is 24.1 Å². The molecular formula is C21H21F2N5O2. The van der Waals surface area contributed by atoms with Crippen LogP contribution in [0.15, 0.2) is 42.5 Å². The van der Waals surface area contributed by atoms with Crippen LogP contribution in [-0.2, 0) is 0 Å². The van der Waals surface area contributed by atoms with Crippen LogP contribution in [0.4, 0.5) is 25.1 Å². The van der Waals surface area contributed by atoms with Crippen LogP contribution >= 0.6 is 0 Å². The van der Waals surface area contributed by atoms with Gasteiger partial charge in [-0.15, -0.1) is 0 Å². The molecule has 1 fully saturated rings. The maximum Gasteiger partial charge on any atom is 0.325 e. The highest BCUT2D eigenvalue weighted by Gasteiger charge is 2.27. The Morgan fingerprint density at radius 2 is 1.60 bits per heavy atom. The lowest BCUT2D eigenvalue weighted by atomic mass is 10.2. The molecule has 156 valence electrons. The van der Waals surface area contributed by atoms with Gasteiger partial charge in [0.2, 0.25) is 5.82 Å². The molecule has 30 heavy (non-hydrogen) atoms. The summed E-state index contributed by atoms with van der Waals surface area (Å²) in [4.78, 5) is 27.0. The number of carbonyl (C=O) groups is 1. The number of nitrogens with zero attached hydrogens (tertiary/aromatic N) is 5. The molecule has 2 heterocycles. The van der Waals surface area contributed by atoms with E-state index in [1.54, 1.807) is 11.9 Å². The summed E-state index contributed by atoms with van der Waals surface area (Å²) in [5, 5.41) is 0. The van der Waals surface area contributed by atoms with Gasteiger partial charge >= 0.3 is 6.03 Å². The Bertz CT molecular complexity index is 1070. The number of methoxy groups -OCH3 is 1. The first-order valence-corrected chi connectivity index (χ1v) is 9.50. The fourth-order valence-corrected chi connectivity index (χ4v) is 3.51. The third kappa shape index (κ3) is 3.83. The lowest BCUT2D eigenvalue weighted by molar-refractivity contribution is 0.202. The molecule has 0 saturated carbocycles. The van der Waals surface area contributed by atoms with E-state index in [4.69, 9.17) is 4.74 Å². The Hall–Kier alpha value is -3.49. The average Bonchev–Trinajstić information content (AvgIpc) is 2.76. The number of hydrogen-bond acceptors (Lipinski definition) is 5. The second kappa shape index (κ2) is 8.10. The molecule has 1 aliphatic heterocycles. The van der Waals surface area contributed by atoms with E-state index in [2.05, 4.69) is 9.97 Å². The number of benzene rings is 2. The topological polar surface area (TPSA) is 61.8 Å². The van der Waals surface area contributed by atoms with E-state index in [0.29, 0.717) is 48.7 Å². The number of hydrogen-bond donors (Lipinski definition) is 0. The maximum absolute atomic E-state index is 13.5. The predicted molar refractivity (Wildman–Crippen MR) is 110 cm³/mol. The van der Waals surface area contributed by atoms with Gasteiger partial charge in [-0.05, 0) is 24.3 Å². The SMILES string of the molecule is COc1nc2ccccc2nc1N(C)C(=O)N1CCN(c2cc(F)cc(F)c2)CC1. The first kappa shape index (κ1) is 19.8. The van der Waals surface area contributed by atoms with Crippen LogP contribution < -0.4 is 14.5 Å². The molecule has 1 saturated heterocycles. The quantitative estimate of drug-likeness (QED) is 0.660. The second-order valence-corrected chi connectivity index (χ2v) is 6.99. The third-order valence-corrected chi connectivity index (χ3v) is 5.08. The van der Waals surface area contributed by atoms with Crippen molar-refractivity contribution in [2.45, 2.75) is 0 Å². The van der Waals surface area contributed by atoms with Gasteiger partial charge in [0.15, 0.2) is 0 Å². The summed E-state index contributed by atoms with van der Waals surface area (Å²) in [7, 11) is 3.11. The van der Waals surface area contributed by atoms with Crippen molar-refractivity contribution >= 4 is 28.6 Å². The summed E-state index contributed by atoms with van der Waals surface area (Å²) in [5.41, 5.74) is 1.80. The molecular weight excluding hydrogens is 392 g/mol. The van der Waals surface area contributed by atoms with Gasteiger partial charge in [-0.3, -0.25) is 4.90 Å². The number of halogens is 2. The van der Waals surface area contributed by atoms with Crippen molar-refractivity contribution in [2.75, 3.05) is 50.1 Å². The van der Waals surface area contributed by atoms with Crippen LogP contribution in [0.2, 0.25) is 0 Å². The van der Waals surface area contributed by atoms with Gasteiger partial charge < -0.3 is 14.5 Å². The van der Waals surface area contributed by atoms with Crippen LogP contribution in [0.1, 0.15) is 0 Å². The first-order chi connectivity index (χ1) is 14.5. The van der Waals surface area contributed by atoms with Gasteiger partial charge in [-0.1, -0.05) is 12.1 Å². The Balaban J connectivity index is 1.49. The summed E-state index contributed by atoms with van der Waals surface area (Å²) in [5.74, 6) is -0.648. The molecule has 0 radical (unpaired) electrons. The Morgan fingerprint density at radius 3 is 2.20 bits per heavy atom. The molecule has 9 heteroatoms. The fraction of sp³-hybridized carbons (Fsp3) is 0.286. The average molecular weight is 413 g/mol. The number of anilines is 2. The van der Waals surface area contributed by atoms with Gasteiger partial charge in [-0.25, -0.2) is 23.5 Å². The van der Waals surface area contributed by atoms with Crippen molar-refractivity contribution in [1.82, 2.24) is 14.9 Å². The molecule has 1 aliphatic rings. The summed E-state index contributed by atoms with van der Waals surface area (Å²) in [6.45, 7) is 1.74. The third-order valence-electron chi connectivity index (χ3n) is 5.08. The number of amides is 2. The van der Waals surface area contributed by atoms with E-state index in [-0.39, 0.29) is 11.9 Å². The largest absolute Gasteiger partial charge is 0.478 e. The Labute approximate surface area is 172 Å². The van der Waals surface area contributed by atoms with Gasteiger partial charge in [0.1, 0.15) is 11.6 Å². The van der Waals surface area contributed by atoms with Crippen LogP contribution in [0, 0.1) is 11.6 Å². The van der Waals surface area contributed by atoms with Crippen molar-refractivity contribution in [2.24, 2.45) is 0 Å². The molecule has 1 aromatic heterocycles. The van der Waals surface area contributed by atoms with Gasteiger partial charge in [0.25, 0.3) is 5.88 Å². The number of rotatable bonds is 3. The van der Waals surface area contributed by atoms with Crippen molar-refractivity contribution in [3.05, 3.63) is 54.1 Å². The number of aromatic nitrogens is 2. The summed E-state index contributed by atoms with van der Waals surface area (Å²) < 4.78 is 32.3. The normalized spacial score (nSPS) is 14.1. The van der Waals surface area contributed by atoms with Crippen LogP contribution in [0.25, 0.3) is 11.0 Å². The Kier molecular flexibility index (Phi) is 5.35. The number of urea groups is 1. The number of para-hydroxylation sites is 2. The molecule has 3 aromatic rings. The Morgan fingerprint density at radius 1 is 1.00 bits per heavy atom. The zero-order valence-electron chi connectivity index (χ0n) is 16.7. The smallest absolute Gasteiger partial charge is 0.325 e. The highest BCUT2D eigenvalue weighted by molar-refractivity contribution is 5.93. The van der Waals surface area contributed by atoms with E-state index in [9.17, 15) is 13.6 Å². The zero-order chi connectivity index (χ0) is 21.3. The molecule has 7 nitrogen and oxygen atoms in total. The van der Waals surface area contributed by atoms with E-state index < -0.39 is 11.6 Å². The van der Waals surface area contributed by atoms with Crippen LogP contribution in [-0.4, -0.2) is 61.2 Å². The molecule has 0 atom stereocenters. The van der Waals surface area contributed by atoms with Crippen molar-refractivity contribution in [3.8, 4) is 5.88 Å². The zero-order valence-corrected chi connectivity index (χ0v) is 16.7. The molecule has 2 aromatic carbocycles. The number of ether oxygens (including phenoxy) is 1. The van der Waals surface area contributed by atoms with E-state index in [0.717, 1.165) is 6.07 Å². The molecule has 0 aliphatic carbocycles. The maximum atomic E-state index is 13.5. The summed E-state index contributed by atoms with van der Waals surface area (Å²) in [6, 6.07) is 10.5. The van der Waals surface area contributed by atoms with Gasteiger partial charge in [0, 0.05) is 45.0 Å². The summed E-state index contributed by atoms with van der Waals surface area (Å²) in [6.07, 6.45) is 0. The second-order valence-electron chi connectivity index (χ2n) is 6.99. The summed E-state index contributed by atoms with van der Waals surface area (Å²) >= 11 is 0. The molecule has 0 bridgehead atoms. The van der Waals surface area contributed by atoms with Crippen LogP contribution in [0.5, 0.6) is 5.88 Å². The molecule has 2 amide bonds. The van der Waals surface area contributed by atoms with Crippen molar-refractivity contribution in [3.63, 3.8) is 0 Å². The minimum absolute atomic E-state index is 0.247. The lowest BCUT2D eigenvalue weighted by Gasteiger charge is -2.37. The molecule has 0 N–H and O–H groups in total. The lowest BCUT2D eigenvalue weighted by Crippen LogP contribution is -2.52. The molecule has 4 rings (SSSR count). The van der Waals surface area contributed by atoms with E-state index >= 15 is 0 Å². The minimum Gasteiger partial charge on any atom is -0.478 e. The van der Waals surface area contributed by atoms with Gasteiger partial charge in [-0.2, -0.15) is 0 Å². The van der Waals surface area contributed by atoms with Gasteiger partial charge in [0.05, 0.1) is 18.1 Å². The van der Waals surface area contributed by atoms with Crippen molar-refractivity contribution < 1.29 is 18.3 Å². The molecule has 0 unspecified atom stereocenters. The standard InChI is InChI=1S/C21H21F2N5O2/c1-26(19-20(30-2)25-18-6-4-3-5-17(18)24-19)21(29)28-9-7-27(8-10-28)16-12-14(22)11-15(23)13-16/h3-6,11-13H,7-10H2,1-2H3. The van der Waals surface area contributed by atoms with Crippen LogP contribution in [0.3, 0.4) is 0 Å². The number of fused-ring (bicyclic) bond motifs is 1. The first-order valence-electron chi connectivity index (χ1n) is 9.50. The van der Waals surface area contributed by atoms with E-state index in [1.807, 2.05) is 29.2 Å². The highest BCUT2D eigenvalue weighted by atomic mass is 19.1. The molecule has 0 spiro atoms. The van der Waals surface area contributed by atoms with Crippen molar-refractivity contribution in [1.29, 1.82) is 0 Å². The minimum atomic E-state index is -0.620. The highest BCUT2D eigenvalue weighted by Crippen LogP contribution is 2.27. The number of piperazine rings is 1. The predicted octanol–water partition coefficient (Wildman–Crippen LogP) is 3.30. The monoisotopic (exact) mass is 413 g/mol. The fourth-order valence-electron chi connectivity index (χ4n) is 3.51. The number of carbonyl (C=O) groups excluding carboxylic acids is 1.